The topological polar surface area (TPSA) is 12.0 Å². The van der Waals surface area contributed by atoms with Gasteiger partial charge in [-0.3, -0.25) is 0 Å². The van der Waals surface area contributed by atoms with E-state index in [0.29, 0.717) is 12.0 Å². The van der Waals surface area contributed by atoms with Gasteiger partial charge in [-0.15, -0.1) is 0 Å². The van der Waals surface area contributed by atoms with Crippen LogP contribution in [0.4, 0.5) is 8.78 Å². The second-order valence-electron chi connectivity index (χ2n) is 4.88. The molecule has 0 aliphatic rings. The molecule has 3 heteroatoms. The lowest BCUT2D eigenvalue weighted by molar-refractivity contribution is 0.505. The minimum atomic E-state index is -0.233. The maximum Gasteiger partial charge on any atom is 0.126 e. The molecule has 0 aliphatic carbocycles. The molecule has 0 aliphatic heterocycles. The van der Waals surface area contributed by atoms with Crippen molar-refractivity contribution in [1.82, 2.24) is 5.32 Å². The molecule has 1 nitrogen and oxygen atoms in total. The number of likely N-dealkylation sites (N-methyl/N-ethyl adjacent to an activating group) is 1. The highest BCUT2D eigenvalue weighted by atomic mass is 19.1. The third kappa shape index (κ3) is 4.14. The third-order valence-corrected chi connectivity index (χ3v) is 3.31. The molecule has 1 atom stereocenters. The summed E-state index contributed by atoms with van der Waals surface area (Å²) in [6.45, 7) is 2.85. The highest BCUT2D eigenvalue weighted by molar-refractivity contribution is 5.21. The van der Waals surface area contributed by atoms with Crippen molar-refractivity contribution in [3.8, 4) is 0 Å². The van der Waals surface area contributed by atoms with Crippen LogP contribution in [0.1, 0.15) is 18.1 Å². The number of rotatable bonds is 6. The summed E-state index contributed by atoms with van der Waals surface area (Å²) < 4.78 is 26.6. The van der Waals surface area contributed by atoms with E-state index in [9.17, 15) is 8.78 Å². The van der Waals surface area contributed by atoms with Crippen LogP contribution in [0.2, 0.25) is 0 Å². The number of nitrogens with one attached hydrogen (secondary N) is 1. The van der Waals surface area contributed by atoms with Crippen LogP contribution in [-0.4, -0.2) is 12.6 Å². The Balaban J connectivity index is 2.07. The lowest BCUT2D eigenvalue weighted by Crippen LogP contribution is -2.33. The smallest absolute Gasteiger partial charge is 0.126 e. The first-order chi connectivity index (χ1) is 9.69. The minimum absolute atomic E-state index is 0.141. The van der Waals surface area contributed by atoms with E-state index in [1.165, 1.54) is 18.2 Å². The summed E-state index contributed by atoms with van der Waals surface area (Å²) >= 11 is 0. The van der Waals surface area contributed by atoms with Crippen molar-refractivity contribution in [3.05, 3.63) is 71.3 Å². The molecule has 2 aromatic carbocycles. The van der Waals surface area contributed by atoms with Gasteiger partial charge < -0.3 is 5.32 Å². The van der Waals surface area contributed by atoms with Gasteiger partial charge in [-0.25, -0.2) is 8.78 Å². The maximum absolute atomic E-state index is 13.7. The third-order valence-electron chi connectivity index (χ3n) is 3.31. The van der Waals surface area contributed by atoms with Gasteiger partial charge in [-0.05, 0) is 48.7 Å². The first-order valence-electron chi connectivity index (χ1n) is 6.90. The Labute approximate surface area is 118 Å². The average Bonchev–Trinajstić information content (AvgIpc) is 2.44. The van der Waals surface area contributed by atoms with E-state index in [2.05, 4.69) is 5.32 Å². The molecule has 0 aromatic heterocycles. The average molecular weight is 275 g/mol. The van der Waals surface area contributed by atoms with Crippen LogP contribution in [0.15, 0.2) is 48.5 Å². The molecule has 0 saturated carbocycles. The van der Waals surface area contributed by atoms with Crippen molar-refractivity contribution >= 4 is 0 Å². The Morgan fingerprint density at radius 3 is 2.30 bits per heavy atom. The van der Waals surface area contributed by atoms with Crippen LogP contribution in [0, 0.1) is 11.6 Å². The van der Waals surface area contributed by atoms with Crippen LogP contribution in [0.5, 0.6) is 0 Å². The number of hydrogen-bond donors (Lipinski definition) is 1. The minimum Gasteiger partial charge on any atom is -0.314 e. The molecule has 0 bridgehead atoms. The summed E-state index contributed by atoms with van der Waals surface area (Å²) in [5.74, 6) is -0.405. The monoisotopic (exact) mass is 275 g/mol. The summed E-state index contributed by atoms with van der Waals surface area (Å²) in [7, 11) is 0. The van der Waals surface area contributed by atoms with E-state index in [1.54, 1.807) is 18.2 Å². The van der Waals surface area contributed by atoms with Crippen molar-refractivity contribution in [2.75, 3.05) is 6.54 Å². The lowest BCUT2D eigenvalue weighted by atomic mass is 9.98. The zero-order valence-electron chi connectivity index (χ0n) is 11.6. The van der Waals surface area contributed by atoms with Crippen LogP contribution >= 0.6 is 0 Å². The lowest BCUT2D eigenvalue weighted by Gasteiger charge is -2.18. The predicted octanol–water partition coefficient (Wildman–Crippen LogP) is 3.73. The standard InChI is InChI=1S/C17H19F2N/c1-2-20-16(11-13-7-9-15(18)10-8-13)12-14-5-3-4-6-17(14)19/h3-10,16,20H,2,11-12H2,1H3. The maximum atomic E-state index is 13.7. The van der Waals surface area contributed by atoms with Crippen LogP contribution in [-0.2, 0) is 12.8 Å². The molecule has 106 valence electrons. The van der Waals surface area contributed by atoms with E-state index < -0.39 is 0 Å². The summed E-state index contributed by atoms with van der Waals surface area (Å²) in [6, 6.07) is 13.5. The van der Waals surface area contributed by atoms with Crippen molar-refractivity contribution < 1.29 is 8.78 Å². The molecule has 0 fully saturated rings. The van der Waals surface area contributed by atoms with Crippen molar-refractivity contribution in [1.29, 1.82) is 0 Å². The molecule has 1 unspecified atom stereocenters. The normalized spacial score (nSPS) is 12.3. The van der Waals surface area contributed by atoms with E-state index >= 15 is 0 Å². The molecule has 2 rings (SSSR count). The first-order valence-corrected chi connectivity index (χ1v) is 6.90. The highest BCUT2D eigenvalue weighted by Crippen LogP contribution is 2.13. The molecule has 2 aromatic rings. The zero-order chi connectivity index (χ0) is 14.4. The Morgan fingerprint density at radius 2 is 1.65 bits per heavy atom. The fourth-order valence-electron chi connectivity index (χ4n) is 2.34. The van der Waals surface area contributed by atoms with Crippen LogP contribution in [0.3, 0.4) is 0 Å². The van der Waals surface area contributed by atoms with Gasteiger partial charge in [-0.1, -0.05) is 37.3 Å². The van der Waals surface area contributed by atoms with Gasteiger partial charge in [-0.2, -0.15) is 0 Å². The van der Waals surface area contributed by atoms with Gasteiger partial charge in [0.15, 0.2) is 0 Å². The van der Waals surface area contributed by atoms with Crippen LogP contribution in [0.25, 0.3) is 0 Å². The summed E-state index contributed by atoms with van der Waals surface area (Å²) in [4.78, 5) is 0. The van der Waals surface area contributed by atoms with Gasteiger partial charge in [0.25, 0.3) is 0 Å². The molecule has 0 heterocycles. The van der Waals surface area contributed by atoms with Gasteiger partial charge in [0.2, 0.25) is 0 Å². The largest absolute Gasteiger partial charge is 0.314 e. The van der Waals surface area contributed by atoms with Gasteiger partial charge in [0, 0.05) is 6.04 Å². The Kier molecular flexibility index (Phi) is 5.24. The van der Waals surface area contributed by atoms with E-state index in [-0.39, 0.29) is 17.7 Å². The quantitative estimate of drug-likeness (QED) is 0.847. The predicted molar refractivity (Wildman–Crippen MR) is 77.7 cm³/mol. The molecular weight excluding hydrogens is 256 g/mol. The Hall–Kier alpha value is -1.74. The van der Waals surface area contributed by atoms with E-state index in [0.717, 1.165) is 18.5 Å². The Bertz CT molecular complexity index is 537. The molecule has 1 N–H and O–H groups in total. The highest BCUT2D eigenvalue weighted by Gasteiger charge is 2.12. The first kappa shape index (κ1) is 14.7. The van der Waals surface area contributed by atoms with Gasteiger partial charge in [0.1, 0.15) is 11.6 Å². The van der Waals surface area contributed by atoms with Crippen molar-refractivity contribution in [2.24, 2.45) is 0 Å². The fraction of sp³-hybridized carbons (Fsp3) is 0.294. The summed E-state index contributed by atoms with van der Waals surface area (Å²) in [5.41, 5.74) is 1.76. The number of benzene rings is 2. The van der Waals surface area contributed by atoms with E-state index in [4.69, 9.17) is 0 Å². The number of hydrogen-bond acceptors (Lipinski definition) is 1. The molecule has 0 radical (unpaired) electrons. The molecule has 0 saturated heterocycles. The molecular formula is C17H19F2N. The number of halogens is 2. The van der Waals surface area contributed by atoms with Crippen molar-refractivity contribution in [3.63, 3.8) is 0 Å². The molecule has 0 spiro atoms. The van der Waals surface area contributed by atoms with Gasteiger partial charge in [0.05, 0.1) is 0 Å². The fourth-order valence-corrected chi connectivity index (χ4v) is 2.34. The van der Waals surface area contributed by atoms with Crippen molar-refractivity contribution in [2.45, 2.75) is 25.8 Å². The SMILES string of the molecule is CCNC(Cc1ccc(F)cc1)Cc1ccccc1F. The van der Waals surface area contributed by atoms with Crippen LogP contribution < -0.4 is 5.32 Å². The molecule has 20 heavy (non-hydrogen) atoms. The second-order valence-corrected chi connectivity index (χ2v) is 4.88. The van der Waals surface area contributed by atoms with Gasteiger partial charge >= 0.3 is 0 Å². The Morgan fingerprint density at radius 1 is 0.950 bits per heavy atom. The summed E-state index contributed by atoms with van der Waals surface area (Å²) in [6.07, 6.45) is 1.38. The van der Waals surface area contributed by atoms with E-state index in [1.807, 2.05) is 19.1 Å². The summed E-state index contributed by atoms with van der Waals surface area (Å²) in [5, 5.41) is 3.36. The molecule has 0 amide bonds. The zero-order valence-corrected chi connectivity index (χ0v) is 11.6. The second kappa shape index (κ2) is 7.15.